The minimum absolute atomic E-state index is 0.00951. The largest absolute Gasteiger partial charge is 0.416 e. The van der Waals surface area contributed by atoms with Crippen molar-refractivity contribution in [1.29, 1.82) is 0 Å². The van der Waals surface area contributed by atoms with Crippen LogP contribution in [0.2, 0.25) is 0 Å². The summed E-state index contributed by atoms with van der Waals surface area (Å²) in [6, 6.07) is 19.3. The van der Waals surface area contributed by atoms with Gasteiger partial charge in [0.25, 0.3) is 11.8 Å². The lowest BCUT2D eigenvalue weighted by molar-refractivity contribution is -0.137. The van der Waals surface area contributed by atoms with Crippen LogP contribution in [0.4, 0.5) is 13.2 Å². The highest BCUT2D eigenvalue weighted by atomic mass is 32.1. The number of benzene rings is 3. The minimum Gasteiger partial charge on any atom is -0.352 e. The Hall–Kier alpha value is -4.31. The number of aryl methyl sites for hydroxylation is 1. The number of carbonyl (C=O) groups is 3. The van der Waals surface area contributed by atoms with Crippen LogP contribution in [0.3, 0.4) is 0 Å². The molecule has 1 aliphatic heterocycles. The molecule has 3 aromatic carbocycles. The second-order valence-electron chi connectivity index (χ2n) is 12.4. The summed E-state index contributed by atoms with van der Waals surface area (Å²) < 4.78 is 39.2. The molecule has 0 spiro atoms. The van der Waals surface area contributed by atoms with Crippen molar-refractivity contribution in [2.75, 3.05) is 19.6 Å². The molecule has 1 saturated heterocycles. The lowest BCUT2D eigenvalue weighted by atomic mass is 9.94. The summed E-state index contributed by atoms with van der Waals surface area (Å²) >= 11 is 1.47. The number of Topliss-reactive ketones (excluding diaryl/α,β-unsaturated/α-hetero) is 1. The quantitative estimate of drug-likeness (QED) is 0.152. The number of carbonyl (C=O) groups excluding carboxylic acids is 3. The van der Waals surface area contributed by atoms with Gasteiger partial charge in [-0.3, -0.25) is 14.4 Å². The van der Waals surface area contributed by atoms with E-state index in [4.69, 9.17) is 4.98 Å². The number of halogens is 3. The number of nitrogens with zero attached hydrogens (tertiary/aromatic N) is 2. The van der Waals surface area contributed by atoms with Gasteiger partial charge >= 0.3 is 6.18 Å². The molecule has 252 valence electrons. The molecule has 10 heteroatoms. The Kier molecular flexibility index (Phi) is 11.5. The van der Waals surface area contributed by atoms with Gasteiger partial charge in [-0.2, -0.15) is 13.2 Å². The third-order valence-corrected chi connectivity index (χ3v) is 10.0. The van der Waals surface area contributed by atoms with Crippen LogP contribution in [0, 0.1) is 12.8 Å². The molecule has 1 fully saturated rings. The van der Waals surface area contributed by atoms with Crippen molar-refractivity contribution in [3.63, 3.8) is 0 Å². The molecule has 1 N–H and O–H groups in total. The van der Waals surface area contributed by atoms with Crippen LogP contribution < -0.4 is 5.32 Å². The molecule has 2 heterocycles. The van der Waals surface area contributed by atoms with Gasteiger partial charge in [0.1, 0.15) is 5.69 Å². The van der Waals surface area contributed by atoms with Gasteiger partial charge < -0.3 is 10.2 Å². The fraction of sp³-hybridized carbons (Fsp3) is 0.368. The van der Waals surface area contributed by atoms with E-state index in [9.17, 15) is 27.6 Å². The smallest absolute Gasteiger partial charge is 0.352 e. The molecule has 1 atom stereocenters. The molecule has 0 aliphatic carbocycles. The van der Waals surface area contributed by atoms with E-state index in [2.05, 4.69) is 12.2 Å². The van der Waals surface area contributed by atoms with Gasteiger partial charge in [0.05, 0.1) is 10.6 Å². The molecule has 0 radical (unpaired) electrons. The van der Waals surface area contributed by atoms with Gasteiger partial charge in [-0.15, -0.1) is 11.3 Å². The maximum Gasteiger partial charge on any atom is 0.416 e. The summed E-state index contributed by atoms with van der Waals surface area (Å²) in [6.45, 7) is 5.44. The summed E-state index contributed by atoms with van der Waals surface area (Å²) in [5.41, 5.74) is 2.85. The number of thiazole rings is 1. The fourth-order valence-corrected chi connectivity index (χ4v) is 7.15. The average molecular weight is 676 g/mol. The van der Waals surface area contributed by atoms with Crippen LogP contribution in [0.5, 0.6) is 0 Å². The molecule has 0 saturated carbocycles. The minimum atomic E-state index is -4.43. The number of hydrogen-bond acceptors (Lipinski definition) is 5. The van der Waals surface area contributed by atoms with Crippen LogP contribution in [0.15, 0.2) is 78.2 Å². The number of nitrogens with one attached hydrogen (secondary N) is 1. The van der Waals surface area contributed by atoms with Crippen LogP contribution in [-0.2, 0) is 6.18 Å². The molecule has 5 rings (SSSR count). The van der Waals surface area contributed by atoms with Crippen LogP contribution in [0.25, 0.3) is 11.1 Å². The third-order valence-electron chi connectivity index (χ3n) is 9.00. The molecule has 1 aliphatic rings. The van der Waals surface area contributed by atoms with E-state index in [-0.39, 0.29) is 29.4 Å². The van der Waals surface area contributed by atoms with Gasteiger partial charge in [0, 0.05) is 48.5 Å². The summed E-state index contributed by atoms with van der Waals surface area (Å²) in [5.74, 6) is -0.195. The summed E-state index contributed by atoms with van der Waals surface area (Å²) in [5, 5.41) is 5.73. The van der Waals surface area contributed by atoms with Gasteiger partial charge in [-0.1, -0.05) is 68.3 Å². The van der Waals surface area contributed by atoms with Crippen LogP contribution in [-0.4, -0.2) is 47.1 Å². The van der Waals surface area contributed by atoms with E-state index < -0.39 is 11.7 Å². The zero-order chi connectivity index (χ0) is 34.3. The first-order chi connectivity index (χ1) is 23.0. The number of piperidine rings is 1. The van der Waals surface area contributed by atoms with Gasteiger partial charge in [0.2, 0.25) is 0 Å². The van der Waals surface area contributed by atoms with Crippen molar-refractivity contribution in [1.82, 2.24) is 15.2 Å². The van der Waals surface area contributed by atoms with Crippen molar-refractivity contribution < 1.29 is 27.6 Å². The number of rotatable bonds is 12. The SMILES string of the molecule is CCCC[C@@H](CNC(=O)c1ccccc1C)CC(=O)c1csc(C2CCN(C(=O)c3ccccc3-c3ccc(C(F)(F)F)cc3)CC2)n1. The first-order valence-corrected chi connectivity index (χ1v) is 17.3. The Morgan fingerprint density at radius 2 is 1.62 bits per heavy atom. The normalized spacial score (nSPS) is 14.5. The van der Waals surface area contributed by atoms with Crippen molar-refractivity contribution in [3.05, 3.63) is 111 Å². The summed E-state index contributed by atoms with van der Waals surface area (Å²) in [6.07, 6.45) is 0.0661. The topological polar surface area (TPSA) is 79.4 Å². The lowest BCUT2D eigenvalue weighted by Gasteiger charge is -2.31. The molecule has 48 heavy (non-hydrogen) atoms. The zero-order valence-corrected chi connectivity index (χ0v) is 28.0. The van der Waals surface area contributed by atoms with Crippen molar-refractivity contribution >= 4 is 28.9 Å². The number of hydrogen-bond donors (Lipinski definition) is 1. The number of amides is 2. The van der Waals surface area contributed by atoms with Crippen LogP contribution in [0.1, 0.15) is 98.7 Å². The number of alkyl halides is 3. The molecular weight excluding hydrogens is 635 g/mol. The van der Waals surface area contributed by atoms with Gasteiger partial charge in [-0.25, -0.2) is 4.98 Å². The predicted octanol–water partition coefficient (Wildman–Crippen LogP) is 8.97. The molecule has 6 nitrogen and oxygen atoms in total. The van der Waals surface area contributed by atoms with E-state index in [1.54, 1.807) is 35.2 Å². The highest BCUT2D eigenvalue weighted by Gasteiger charge is 2.31. The third kappa shape index (κ3) is 8.58. The van der Waals surface area contributed by atoms with E-state index >= 15 is 0 Å². The van der Waals surface area contributed by atoms with Gasteiger partial charge in [0.15, 0.2) is 5.78 Å². The summed E-state index contributed by atoms with van der Waals surface area (Å²) in [4.78, 5) is 46.2. The van der Waals surface area contributed by atoms with E-state index in [0.717, 1.165) is 42.0 Å². The Morgan fingerprint density at radius 3 is 2.29 bits per heavy atom. The molecule has 0 unspecified atom stereocenters. The average Bonchev–Trinajstić information content (AvgIpc) is 3.60. The Labute approximate surface area is 283 Å². The number of aromatic nitrogens is 1. The molecule has 4 aromatic rings. The first-order valence-electron chi connectivity index (χ1n) is 16.4. The van der Waals surface area contributed by atoms with E-state index in [0.29, 0.717) is 66.8 Å². The molecule has 2 amide bonds. The second-order valence-corrected chi connectivity index (χ2v) is 13.3. The fourth-order valence-electron chi connectivity index (χ4n) is 6.16. The zero-order valence-electron chi connectivity index (χ0n) is 27.2. The lowest BCUT2D eigenvalue weighted by Crippen LogP contribution is -2.38. The highest BCUT2D eigenvalue weighted by Crippen LogP contribution is 2.34. The molecule has 0 bridgehead atoms. The second kappa shape index (κ2) is 15.7. The molecular formula is C38H40F3N3O3S. The predicted molar refractivity (Wildman–Crippen MR) is 182 cm³/mol. The number of unbranched alkanes of at least 4 members (excludes halogenated alkanes) is 1. The standard InChI is InChI=1S/C38H40F3N3O3S/c1-3-4-10-26(23-42-35(46)30-11-6-5-9-25(30)2)22-34(45)33-24-48-36(43-33)28-18-20-44(21-19-28)37(47)32-13-8-7-12-31(32)27-14-16-29(17-15-27)38(39,40)41/h5-9,11-17,24,26,28H,3-4,10,18-23H2,1-2H3,(H,42,46)/t26-/m1/s1. The van der Waals surface area contributed by atoms with Gasteiger partial charge in [-0.05, 0) is 73.1 Å². The molecule has 1 aromatic heterocycles. The monoisotopic (exact) mass is 675 g/mol. The highest BCUT2D eigenvalue weighted by molar-refractivity contribution is 7.09. The Balaban J connectivity index is 1.17. The number of ketones is 1. The Morgan fingerprint density at radius 1 is 0.958 bits per heavy atom. The van der Waals surface area contributed by atoms with Crippen molar-refractivity contribution in [3.8, 4) is 11.1 Å². The van der Waals surface area contributed by atoms with Crippen molar-refractivity contribution in [2.24, 2.45) is 5.92 Å². The van der Waals surface area contributed by atoms with E-state index in [1.807, 2.05) is 30.5 Å². The van der Waals surface area contributed by atoms with Crippen molar-refractivity contribution in [2.45, 2.75) is 64.5 Å². The number of likely N-dealkylation sites (tertiary alicyclic amines) is 1. The Bertz CT molecular complexity index is 1730. The first kappa shape index (κ1) is 35.0. The van der Waals surface area contributed by atoms with E-state index in [1.165, 1.54) is 23.5 Å². The van der Waals surface area contributed by atoms with Crippen LogP contribution >= 0.6 is 11.3 Å². The maximum atomic E-state index is 13.6. The maximum absolute atomic E-state index is 13.6. The summed E-state index contributed by atoms with van der Waals surface area (Å²) in [7, 11) is 0.